The van der Waals surface area contributed by atoms with E-state index in [9.17, 15) is 5.11 Å². The third-order valence-corrected chi connectivity index (χ3v) is 4.26. The fourth-order valence-electron chi connectivity index (χ4n) is 2.90. The minimum absolute atomic E-state index is 0.183. The monoisotopic (exact) mass is 292 g/mol. The van der Waals surface area contributed by atoms with E-state index in [1.54, 1.807) is 6.20 Å². The van der Waals surface area contributed by atoms with Gasteiger partial charge in [-0.1, -0.05) is 25.8 Å². The van der Waals surface area contributed by atoms with Crippen molar-refractivity contribution in [2.75, 3.05) is 13.2 Å². The highest BCUT2D eigenvalue weighted by molar-refractivity contribution is 5.12. The van der Waals surface area contributed by atoms with Crippen LogP contribution in [-0.2, 0) is 4.74 Å². The van der Waals surface area contributed by atoms with Crippen LogP contribution >= 0.6 is 0 Å². The van der Waals surface area contributed by atoms with Gasteiger partial charge in [-0.05, 0) is 37.3 Å². The molecule has 1 aromatic heterocycles. The number of rotatable bonds is 7. The van der Waals surface area contributed by atoms with Gasteiger partial charge in [0.25, 0.3) is 0 Å². The van der Waals surface area contributed by atoms with Crippen molar-refractivity contribution in [2.24, 2.45) is 5.92 Å². The average molecular weight is 292 g/mol. The normalized spacial score (nSPS) is 25.5. The van der Waals surface area contributed by atoms with Crippen molar-refractivity contribution in [1.29, 1.82) is 0 Å². The average Bonchev–Trinajstić information content (AvgIpc) is 2.51. The summed E-state index contributed by atoms with van der Waals surface area (Å²) < 4.78 is 5.85. The number of ether oxygens (including phenoxy) is 1. The molecule has 0 aliphatic heterocycles. The molecule has 1 aromatic rings. The van der Waals surface area contributed by atoms with Crippen molar-refractivity contribution in [3.8, 4) is 0 Å². The molecule has 0 amide bonds. The van der Waals surface area contributed by atoms with E-state index in [0.717, 1.165) is 24.3 Å². The quantitative estimate of drug-likeness (QED) is 0.811. The Hall–Kier alpha value is -0.970. The molecule has 1 aliphatic rings. The van der Waals surface area contributed by atoms with Crippen LogP contribution in [0.25, 0.3) is 0 Å². The van der Waals surface area contributed by atoms with Gasteiger partial charge in [-0.15, -0.1) is 0 Å². The molecule has 1 saturated carbocycles. The molecule has 4 atom stereocenters. The fraction of sp³-hybridized carbons (Fsp3) is 0.706. The van der Waals surface area contributed by atoms with E-state index in [4.69, 9.17) is 4.74 Å². The molecule has 2 N–H and O–H groups in total. The van der Waals surface area contributed by atoms with Crippen LogP contribution in [0.2, 0.25) is 0 Å². The molecular formula is C17H28N2O2. The lowest BCUT2D eigenvalue weighted by Crippen LogP contribution is -2.34. The smallest absolute Gasteiger partial charge is 0.0898 e. The lowest BCUT2D eigenvalue weighted by molar-refractivity contribution is -0.0310. The van der Waals surface area contributed by atoms with Crippen LogP contribution in [0, 0.1) is 5.92 Å². The number of hydrogen-bond acceptors (Lipinski definition) is 4. The Morgan fingerprint density at radius 1 is 1.48 bits per heavy atom. The van der Waals surface area contributed by atoms with Gasteiger partial charge in [-0.25, -0.2) is 0 Å². The van der Waals surface area contributed by atoms with E-state index in [-0.39, 0.29) is 6.04 Å². The third-order valence-electron chi connectivity index (χ3n) is 4.26. The highest BCUT2D eigenvalue weighted by Gasteiger charge is 2.20. The van der Waals surface area contributed by atoms with E-state index in [1.807, 2.05) is 18.3 Å². The lowest BCUT2D eigenvalue weighted by atomic mass is 9.89. The number of pyridine rings is 1. The van der Waals surface area contributed by atoms with Gasteiger partial charge < -0.3 is 15.2 Å². The molecule has 0 aromatic carbocycles. The van der Waals surface area contributed by atoms with E-state index in [0.29, 0.717) is 19.3 Å². The summed E-state index contributed by atoms with van der Waals surface area (Å²) in [5.41, 5.74) is 1.13. The Morgan fingerprint density at radius 2 is 2.33 bits per heavy atom. The number of nitrogens with zero attached hydrogens (tertiary/aromatic N) is 1. The van der Waals surface area contributed by atoms with Gasteiger partial charge in [0, 0.05) is 25.0 Å². The van der Waals surface area contributed by atoms with Crippen LogP contribution in [-0.4, -0.2) is 35.5 Å². The van der Waals surface area contributed by atoms with Crippen molar-refractivity contribution >= 4 is 0 Å². The zero-order valence-corrected chi connectivity index (χ0v) is 13.2. The fourth-order valence-corrected chi connectivity index (χ4v) is 2.90. The Labute approximate surface area is 127 Å². The van der Waals surface area contributed by atoms with E-state index >= 15 is 0 Å². The molecule has 21 heavy (non-hydrogen) atoms. The molecular weight excluding hydrogens is 264 g/mol. The summed E-state index contributed by atoms with van der Waals surface area (Å²) in [6, 6.07) is 4.15. The summed E-state index contributed by atoms with van der Waals surface area (Å²) >= 11 is 0. The third kappa shape index (κ3) is 5.73. The number of hydrogen-bond donors (Lipinski definition) is 2. The molecule has 118 valence electrons. The maximum atomic E-state index is 10.0. The predicted octanol–water partition coefficient (Wildman–Crippen LogP) is 2.69. The molecule has 4 heteroatoms. The molecule has 1 heterocycles. The van der Waals surface area contributed by atoms with Crippen LogP contribution < -0.4 is 5.32 Å². The van der Waals surface area contributed by atoms with Crippen molar-refractivity contribution in [3.05, 3.63) is 30.1 Å². The zero-order valence-electron chi connectivity index (χ0n) is 13.2. The van der Waals surface area contributed by atoms with Crippen LogP contribution in [0.4, 0.5) is 0 Å². The molecule has 4 nitrogen and oxygen atoms in total. The zero-order chi connectivity index (χ0) is 15.1. The molecule has 2 rings (SSSR count). The van der Waals surface area contributed by atoms with Gasteiger partial charge >= 0.3 is 0 Å². The van der Waals surface area contributed by atoms with Gasteiger partial charge in [0.2, 0.25) is 0 Å². The minimum atomic E-state index is -0.457. The first-order chi connectivity index (χ1) is 10.1. The molecule has 0 bridgehead atoms. The van der Waals surface area contributed by atoms with Crippen LogP contribution in [0.3, 0.4) is 0 Å². The maximum absolute atomic E-state index is 10.0. The van der Waals surface area contributed by atoms with Crippen LogP contribution in [0.15, 0.2) is 24.5 Å². The Morgan fingerprint density at radius 3 is 3.05 bits per heavy atom. The first kappa shape index (κ1) is 16.4. The van der Waals surface area contributed by atoms with Gasteiger partial charge in [-0.3, -0.25) is 4.98 Å². The number of aliphatic hydroxyl groups excluding tert-OH is 1. The Kier molecular flexibility index (Phi) is 6.61. The summed E-state index contributed by atoms with van der Waals surface area (Å²) in [6.45, 7) is 5.32. The Bertz CT molecular complexity index is 399. The predicted molar refractivity (Wildman–Crippen MR) is 84.0 cm³/mol. The highest BCUT2D eigenvalue weighted by Crippen LogP contribution is 2.25. The summed E-state index contributed by atoms with van der Waals surface area (Å²) in [5, 5.41) is 13.4. The largest absolute Gasteiger partial charge is 0.389 e. The summed E-state index contributed by atoms with van der Waals surface area (Å²) in [7, 11) is 0. The molecule has 0 spiro atoms. The van der Waals surface area contributed by atoms with Crippen molar-refractivity contribution in [2.45, 2.75) is 57.8 Å². The second-order valence-corrected chi connectivity index (χ2v) is 6.30. The van der Waals surface area contributed by atoms with Crippen molar-refractivity contribution < 1.29 is 9.84 Å². The summed E-state index contributed by atoms with van der Waals surface area (Å²) in [6.07, 6.45) is 8.32. The van der Waals surface area contributed by atoms with Gasteiger partial charge in [0.1, 0.15) is 0 Å². The van der Waals surface area contributed by atoms with E-state index < -0.39 is 6.10 Å². The number of aromatic nitrogens is 1. The molecule has 1 fully saturated rings. The second-order valence-electron chi connectivity index (χ2n) is 6.30. The standard InChI is InChI=1S/C17H28N2O2/c1-13-5-3-7-17(9-13)21-12-16(20)11-19-14(2)15-6-4-8-18-10-15/h4,6,8,10,13-14,16-17,19-20H,3,5,7,9,11-12H2,1-2H3. The molecule has 0 saturated heterocycles. The molecule has 1 aliphatic carbocycles. The SMILES string of the molecule is CC1CCCC(OCC(O)CNC(C)c2cccnc2)C1. The van der Waals surface area contributed by atoms with E-state index in [2.05, 4.69) is 24.1 Å². The minimum Gasteiger partial charge on any atom is -0.389 e. The number of aliphatic hydroxyl groups is 1. The number of nitrogens with one attached hydrogen (secondary N) is 1. The van der Waals surface area contributed by atoms with Gasteiger partial charge in [-0.2, -0.15) is 0 Å². The first-order valence-electron chi connectivity index (χ1n) is 8.08. The topological polar surface area (TPSA) is 54.4 Å². The Balaban J connectivity index is 1.64. The summed E-state index contributed by atoms with van der Waals surface area (Å²) in [5.74, 6) is 0.754. The maximum Gasteiger partial charge on any atom is 0.0898 e. The lowest BCUT2D eigenvalue weighted by Gasteiger charge is -2.28. The van der Waals surface area contributed by atoms with Crippen LogP contribution in [0.5, 0.6) is 0 Å². The van der Waals surface area contributed by atoms with Gasteiger partial charge in [0.15, 0.2) is 0 Å². The van der Waals surface area contributed by atoms with Crippen molar-refractivity contribution in [3.63, 3.8) is 0 Å². The van der Waals surface area contributed by atoms with E-state index in [1.165, 1.54) is 12.8 Å². The second kappa shape index (κ2) is 8.47. The highest BCUT2D eigenvalue weighted by atomic mass is 16.5. The summed E-state index contributed by atoms with van der Waals surface area (Å²) in [4.78, 5) is 4.11. The van der Waals surface area contributed by atoms with Gasteiger partial charge in [0.05, 0.1) is 18.8 Å². The molecule has 0 radical (unpaired) electrons. The first-order valence-corrected chi connectivity index (χ1v) is 8.08. The van der Waals surface area contributed by atoms with Crippen molar-refractivity contribution in [1.82, 2.24) is 10.3 Å². The van der Waals surface area contributed by atoms with Crippen LogP contribution in [0.1, 0.15) is 51.1 Å². The molecule has 4 unspecified atom stereocenters.